The number of rotatable bonds is 14. The van der Waals surface area contributed by atoms with Gasteiger partial charge in [-0.15, -0.1) is 0 Å². The van der Waals surface area contributed by atoms with Crippen molar-refractivity contribution in [3.8, 4) is 5.75 Å². The Hall–Kier alpha value is -2.97. The van der Waals surface area contributed by atoms with Gasteiger partial charge in [-0.2, -0.15) is 0 Å². The maximum Gasteiger partial charge on any atom is 0.303 e. The number of carbonyl (C=O) groups is 3. The Morgan fingerprint density at radius 2 is 1.89 bits per heavy atom. The summed E-state index contributed by atoms with van der Waals surface area (Å²) in [5.74, 6) is -3.00. The van der Waals surface area contributed by atoms with E-state index in [2.05, 4.69) is 0 Å². The van der Waals surface area contributed by atoms with Crippen LogP contribution in [0.1, 0.15) is 77.2 Å². The molecule has 0 saturated carbocycles. The first kappa shape index (κ1) is 29.6. The summed E-state index contributed by atoms with van der Waals surface area (Å²) in [4.78, 5) is 38.6. The molecule has 0 aromatic heterocycles. The number of aliphatic carboxylic acids is 1. The third-order valence-corrected chi connectivity index (χ3v) is 7.96. The molecule has 0 radical (unpaired) electrons. The zero-order valence-electron chi connectivity index (χ0n) is 22.4. The molecule has 1 aliphatic carbocycles. The van der Waals surface area contributed by atoms with E-state index in [1.807, 2.05) is 26.0 Å². The summed E-state index contributed by atoms with van der Waals surface area (Å²) in [5, 5.41) is 40.3. The number of carboxylic acids is 1. The Morgan fingerprint density at radius 3 is 2.53 bits per heavy atom. The summed E-state index contributed by atoms with van der Waals surface area (Å²) >= 11 is 0. The summed E-state index contributed by atoms with van der Waals surface area (Å²) in [5.41, 5.74) is 3.64. The zero-order chi connectivity index (χ0) is 27.8. The van der Waals surface area contributed by atoms with E-state index in [1.165, 1.54) is 4.90 Å². The van der Waals surface area contributed by atoms with E-state index in [0.29, 0.717) is 50.5 Å². The highest BCUT2D eigenvalue weighted by molar-refractivity contribution is 6.05. The largest absolute Gasteiger partial charge is 0.508 e. The minimum absolute atomic E-state index is 0.0630. The van der Waals surface area contributed by atoms with Gasteiger partial charge < -0.3 is 20.4 Å². The van der Waals surface area contributed by atoms with Crippen LogP contribution in [0.2, 0.25) is 0 Å². The van der Waals surface area contributed by atoms with E-state index in [-0.39, 0.29) is 37.1 Å². The fraction of sp³-hybridized carbons (Fsp3) is 0.567. The Balaban J connectivity index is 1.73. The molecule has 1 aromatic rings. The first-order valence-corrected chi connectivity index (χ1v) is 13.8. The summed E-state index contributed by atoms with van der Waals surface area (Å²) in [6.45, 7) is 3.94. The Bertz CT molecular complexity index is 1080. The molecule has 0 unspecified atom stereocenters. The number of carbonyl (C=O) groups excluding carboxylic acids is 2. The molecule has 1 aliphatic heterocycles. The summed E-state index contributed by atoms with van der Waals surface area (Å²) in [6, 6.07) is 7.00. The van der Waals surface area contributed by atoms with Gasteiger partial charge >= 0.3 is 5.97 Å². The minimum atomic E-state index is -0.861. The number of phenols is 1. The standard InChI is InChI=1S/C30H41NO7/c1-3-19(15-20-9-8-10-22(33)16-20)12-13-25(34)27-21(4-2)17-23-28(24(27)18-32)30(38)31(29(23)37)14-7-5-6-11-26(35)36/h8-10,15-16,23-25,28,32-34H,3-7,11-14,17-18H2,1-2H3,(H,35,36)/b19-15+/t23-,24+,25-,28-/m1/s1. The molecule has 2 aliphatic rings. The average Bonchev–Trinajstić information content (AvgIpc) is 3.13. The molecule has 4 atom stereocenters. The van der Waals surface area contributed by atoms with Gasteiger partial charge in [-0.3, -0.25) is 19.3 Å². The molecule has 4 N–H and O–H groups in total. The van der Waals surface area contributed by atoms with Crippen LogP contribution in [-0.4, -0.2) is 62.4 Å². The van der Waals surface area contributed by atoms with Crippen molar-refractivity contribution in [3.05, 3.63) is 46.5 Å². The average molecular weight is 528 g/mol. The molecular formula is C30H41NO7. The number of fused-ring (bicyclic) bond motifs is 1. The number of aliphatic hydroxyl groups excluding tert-OH is 2. The molecule has 1 heterocycles. The van der Waals surface area contributed by atoms with Crippen LogP contribution in [0, 0.1) is 17.8 Å². The van der Waals surface area contributed by atoms with Gasteiger partial charge in [0.2, 0.25) is 11.8 Å². The van der Waals surface area contributed by atoms with Crippen molar-refractivity contribution in [2.24, 2.45) is 17.8 Å². The lowest BCUT2D eigenvalue weighted by Crippen LogP contribution is -2.39. The van der Waals surface area contributed by atoms with E-state index >= 15 is 0 Å². The van der Waals surface area contributed by atoms with Crippen molar-refractivity contribution in [1.29, 1.82) is 0 Å². The second kappa shape index (κ2) is 13.7. The number of hydrogen-bond acceptors (Lipinski definition) is 6. The van der Waals surface area contributed by atoms with Gasteiger partial charge in [-0.25, -0.2) is 0 Å². The van der Waals surface area contributed by atoms with Crippen molar-refractivity contribution >= 4 is 23.9 Å². The lowest BCUT2D eigenvalue weighted by molar-refractivity contribution is -0.141. The molecule has 208 valence electrons. The van der Waals surface area contributed by atoms with E-state index < -0.39 is 29.8 Å². The van der Waals surface area contributed by atoms with Gasteiger partial charge in [-0.05, 0) is 68.2 Å². The van der Waals surface area contributed by atoms with E-state index in [0.717, 1.165) is 23.1 Å². The van der Waals surface area contributed by atoms with Crippen LogP contribution in [0.4, 0.5) is 0 Å². The number of imide groups is 1. The second-order valence-corrected chi connectivity index (χ2v) is 10.4. The summed E-state index contributed by atoms with van der Waals surface area (Å²) in [6.07, 6.45) is 5.75. The molecule has 1 fully saturated rings. The molecule has 0 bridgehead atoms. The van der Waals surface area contributed by atoms with Crippen molar-refractivity contribution in [2.45, 2.75) is 77.7 Å². The van der Waals surface area contributed by atoms with Gasteiger partial charge in [0.25, 0.3) is 0 Å². The normalized spacial score (nSPS) is 22.7. The van der Waals surface area contributed by atoms with Gasteiger partial charge in [0.1, 0.15) is 5.75 Å². The highest BCUT2D eigenvalue weighted by atomic mass is 16.4. The highest BCUT2D eigenvalue weighted by Crippen LogP contribution is 2.47. The van der Waals surface area contributed by atoms with Crippen LogP contribution in [0.25, 0.3) is 6.08 Å². The lowest BCUT2D eigenvalue weighted by Gasteiger charge is -2.36. The quantitative estimate of drug-likeness (QED) is 0.161. The molecule has 8 heteroatoms. The zero-order valence-corrected chi connectivity index (χ0v) is 22.4. The Labute approximate surface area is 224 Å². The van der Waals surface area contributed by atoms with Gasteiger partial charge in [0.15, 0.2) is 0 Å². The number of allylic oxidation sites excluding steroid dienone is 2. The highest BCUT2D eigenvalue weighted by Gasteiger charge is 2.54. The number of aromatic hydroxyl groups is 1. The maximum absolute atomic E-state index is 13.4. The van der Waals surface area contributed by atoms with Crippen LogP contribution in [0.15, 0.2) is 41.0 Å². The number of benzene rings is 1. The number of hydrogen-bond donors (Lipinski definition) is 4. The predicted octanol–water partition coefficient (Wildman–Crippen LogP) is 4.29. The van der Waals surface area contributed by atoms with Crippen LogP contribution in [-0.2, 0) is 14.4 Å². The molecular weight excluding hydrogens is 486 g/mol. The fourth-order valence-electron chi connectivity index (χ4n) is 5.99. The van der Waals surface area contributed by atoms with Crippen LogP contribution < -0.4 is 0 Å². The van der Waals surface area contributed by atoms with Crippen molar-refractivity contribution in [3.63, 3.8) is 0 Å². The van der Waals surface area contributed by atoms with E-state index in [4.69, 9.17) is 5.11 Å². The number of phenolic OH excluding ortho intramolecular Hbond substituents is 1. The smallest absolute Gasteiger partial charge is 0.303 e. The molecule has 3 rings (SSSR count). The van der Waals surface area contributed by atoms with E-state index in [9.17, 15) is 29.7 Å². The Kier molecular flexibility index (Phi) is 10.7. The molecule has 8 nitrogen and oxygen atoms in total. The van der Waals surface area contributed by atoms with Crippen molar-refractivity contribution < 1.29 is 34.8 Å². The topological polar surface area (TPSA) is 135 Å². The number of amides is 2. The fourth-order valence-corrected chi connectivity index (χ4v) is 5.99. The molecule has 0 spiro atoms. The summed E-state index contributed by atoms with van der Waals surface area (Å²) < 4.78 is 0. The number of aliphatic hydroxyl groups is 2. The van der Waals surface area contributed by atoms with Crippen molar-refractivity contribution in [2.75, 3.05) is 13.2 Å². The minimum Gasteiger partial charge on any atom is -0.508 e. The summed E-state index contributed by atoms with van der Waals surface area (Å²) in [7, 11) is 0. The first-order valence-electron chi connectivity index (χ1n) is 13.8. The van der Waals surface area contributed by atoms with Crippen LogP contribution >= 0.6 is 0 Å². The first-order chi connectivity index (χ1) is 18.2. The number of nitrogens with zero attached hydrogens (tertiary/aromatic N) is 1. The third-order valence-electron chi connectivity index (χ3n) is 7.96. The number of carboxylic acid groups (broad SMARTS) is 1. The van der Waals surface area contributed by atoms with Crippen LogP contribution in [0.5, 0.6) is 5.75 Å². The number of likely N-dealkylation sites (tertiary alicyclic amines) is 1. The molecule has 1 saturated heterocycles. The molecule has 2 amide bonds. The van der Waals surface area contributed by atoms with Crippen LogP contribution in [0.3, 0.4) is 0 Å². The second-order valence-electron chi connectivity index (χ2n) is 10.4. The lowest BCUT2D eigenvalue weighted by atomic mass is 9.67. The van der Waals surface area contributed by atoms with Gasteiger partial charge in [0, 0.05) is 18.9 Å². The number of unbranched alkanes of at least 4 members (excludes halogenated alkanes) is 2. The predicted molar refractivity (Wildman–Crippen MR) is 144 cm³/mol. The monoisotopic (exact) mass is 527 g/mol. The van der Waals surface area contributed by atoms with Gasteiger partial charge in [0.05, 0.1) is 24.5 Å². The third kappa shape index (κ3) is 6.91. The van der Waals surface area contributed by atoms with Gasteiger partial charge in [-0.1, -0.05) is 49.6 Å². The Morgan fingerprint density at radius 1 is 1.13 bits per heavy atom. The van der Waals surface area contributed by atoms with E-state index in [1.54, 1.807) is 18.2 Å². The maximum atomic E-state index is 13.4. The molecule has 38 heavy (non-hydrogen) atoms. The molecule has 1 aromatic carbocycles. The van der Waals surface area contributed by atoms with Crippen molar-refractivity contribution in [1.82, 2.24) is 4.90 Å². The SMILES string of the molecule is CCC1=C([C@H](O)CC/C(=C/c2cccc(O)c2)CC)[C@H](CO)[C@@H]2C(=O)N(CCCCCC(=O)O)C(=O)[C@@H]2C1.